The average molecular weight is 354 g/mol. The predicted molar refractivity (Wildman–Crippen MR) is 104 cm³/mol. The number of ether oxygens (including phenoxy) is 1. The molecule has 0 saturated heterocycles. The molecule has 0 heterocycles. The fourth-order valence-electron chi connectivity index (χ4n) is 2.41. The minimum Gasteiger partial charge on any atom is -0.497 e. The van der Waals surface area contributed by atoms with Crippen LogP contribution in [0.25, 0.3) is 0 Å². The predicted octanol–water partition coefficient (Wildman–Crippen LogP) is 1.72. The Kier molecular flexibility index (Phi) is 7.99. The Balaban J connectivity index is 1.68. The molecule has 0 atom stereocenters. The van der Waals surface area contributed by atoms with Crippen LogP contribution in [0.2, 0.25) is 0 Å². The maximum Gasteiger partial charge on any atom is 0.239 e. The molecule has 0 unspecified atom stereocenters. The van der Waals surface area contributed by atoms with Gasteiger partial charge in [0.25, 0.3) is 0 Å². The first kappa shape index (κ1) is 19.3. The van der Waals surface area contributed by atoms with Gasteiger partial charge in [-0.15, -0.1) is 0 Å². The van der Waals surface area contributed by atoms with Crippen molar-refractivity contribution in [1.29, 1.82) is 0 Å². The van der Waals surface area contributed by atoms with Crippen LogP contribution in [-0.2, 0) is 17.8 Å². The summed E-state index contributed by atoms with van der Waals surface area (Å²) in [5.41, 5.74) is 2.27. The van der Waals surface area contributed by atoms with Crippen molar-refractivity contribution in [2.75, 3.05) is 27.2 Å². The van der Waals surface area contributed by atoms with Crippen molar-refractivity contribution in [1.82, 2.24) is 16.0 Å². The van der Waals surface area contributed by atoms with Crippen molar-refractivity contribution in [3.05, 3.63) is 65.7 Å². The summed E-state index contributed by atoms with van der Waals surface area (Å²) in [6, 6.07) is 17.9. The number of hydrogen-bond donors (Lipinski definition) is 3. The summed E-state index contributed by atoms with van der Waals surface area (Å²) >= 11 is 0. The Morgan fingerprint density at radius 3 is 2.50 bits per heavy atom. The summed E-state index contributed by atoms with van der Waals surface area (Å²) < 4.78 is 5.21. The van der Waals surface area contributed by atoms with Crippen molar-refractivity contribution in [3.8, 4) is 5.75 Å². The zero-order valence-electron chi connectivity index (χ0n) is 15.3. The number of carbonyl (C=O) groups excluding carboxylic acids is 1. The molecule has 3 N–H and O–H groups in total. The molecule has 26 heavy (non-hydrogen) atoms. The second kappa shape index (κ2) is 10.8. The van der Waals surface area contributed by atoms with E-state index in [0.29, 0.717) is 19.0 Å². The monoisotopic (exact) mass is 354 g/mol. The third-order valence-electron chi connectivity index (χ3n) is 3.81. The summed E-state index contributed by atoms with van der Waals surface area (Å²) in [4.78, 5) is 16.1. The van der Waals surface area contributed by atoms with Crippen LogP contribution in [0, 0.1) is 0 Å². The van der Waals surface area contributed by atoms with Crippen LogP contribution in [0.15, 0.2) is 59.6 Å². The van der Waals surface area contributed by atoms with Gasteiger partial charge >= 0.3 is 0 Å². The summed E-state index contributed by atoms with van der Waals surface area (Å²) in [7, 11) is 3.32. The first-order valence-corrected chi connectivity index (χ1v) is 8.59. The molecule has 0 aliphatic heterocycles. The van der Waals surface area contributed by atoms with E-state index in [1.807, 2.05) is 42.5 Å². The van der Waals surface area contributed by atoms with Crippen LogP contribution in [0.5, 0.6) is 5.75 Å². The summed E-state index contributed by atoms with van der Waals surface area (Å²) in [5.74, 6) is 1.32. The van der Waals surface area contributed by atoms with Gasteiger partial charge in [-0.1, -0.05) is 42.5 Å². The molecular formula is C20H26N4O2. The maximum absolute atomic E-state index is 11.9. The molecule has 0 aliphatic rings. The Morgan fingerprint density at radius 2 is 1.77 bits per heavy atom. The molecule has 0 saturated carbocycles. The molecule has 0 bridgehead atoms. The number of aliphatic imine (C=N–C) groups is 1. The van der Waals surface area contributed by atoms with Crippen LogP contribution in [0.1, 0.15) is 11.1 Å². The molecule has 0 fully saturated rings. The summed E-state index contributed by atoms with van der Waals surface area (Å²) in [6.07, 6.45) is 0.815. The van der Waals surface area contributed by atoms with E-state index in [2.05, 4.69) is 33.1 Å². The molecule has 2 aromatic rings. The smallest absolute Gasteiger partial charge is 0.239 e. The van der Waals surface area contributed by atoms with Crippen molar-refractivity contribution >= 4 is 11.9 Å². The molecule has 0 radical (unpaired) electrons. The minimum atomic E-state index is -0.0646. The number of guanidine groups is 1. The van der Waals surface area contributed by atoms with Gasteiger partial charge in [-0.05, 0) is 29.7 Å². The lowest BCUT2D eigenvalue weighted by atomic mass is 10.1. The Bertz CT molecular complexity index is 717. The van der Waals surface area contributed by atoms with Gasteiger partial charge in [-0.2, -0.15) is 0 Å². The van der Waals surface area contributed by atoms with Crippen LogP contribution in [0.3, 0.4) is 0 Å². The number of rotatable bonds is 8. The van der Waals surface area contributed by atoms with E-state index in [0.717, 1.165) is 17.7 Å². The van der Waals surface area contributed by atoms with Gasteiger partial charge in [-0.25, -0.2) is 0 Å². The first-order chi connectivity index (χ1) is 12.7. The Labute approximate surface area is 154 Å². The fraction of sp³-hybridized carbons (Fsp3) is 0.300. The zero-order chi connectivity index (χ0) is 18.6. The lowest BCUT2D eigenvalue weighted by molar-refractivity contribution is -0.119. The van der Waals surface area contributed by atoms with E-state index in [4.69, 9.17) is 4.74 Å². The van der Waals surface area contributed by atoms with E-state index in [9.17, 15) is 4.79 Å². The average Bonchev–Trinajstić information content (AvgIpc) is 2.69. The quantitative estimate of drug-likeness (QED) is 0.498. The molecule has 2 aromatic carbocycles. The molecule has 0 aromatic heterocycles. The first-order valence-electron chi connectivity index (χ1n) is 8.59. The second-order valence-electron chi connectivity index (χ2n) is 5.72. The second-order valence-corrected chi connectivity index (χ2v) is 5.72. The van der Waals surface area contributed by atoms with Crippen LogP contribution in [0.4, 0.5) is 0 Å². The zero-order valence-corrected chi connectivity index (χ0v) is 15.3. The highest BCUT2D eigenvalue weighted by molar-refractivity contribution is 5.86. The van der Waals surface area contributed by atoms with E-state index in [1.165, 1.54) is 5.56 Å². The van der Waals surface area contributed by atoms with Gasteiger partial charge < -0.3 is 20.7 Å². The Hall–Kier alpha value is -3.02. The van der Waals surface area contributed by atoms with Crippen LogP contribution >= 0.6 is 0 Å². The van der Waals surface area contributed by atoms with E-state index in [1.54, 1.807) is 14.2 Å². The number of methoxy groups -OCH3 is 1. The molecule has 1 amide bonds. The SMILES string of the molecule is CN=C(NCC(=O)NCCc1ccccc1)NCc1cccc(OC)c1. The third kappa shape index (κ3) is 6.84. The number of carbonyl (C=O) groups is 1. The number of benzene rings is 2. The summed E-state index contributed by atoms with van der Waals surface area (Å²) in [5, 5.41) is 9.09. The van der Waals surface area contributed by atoms with Crippen molar-refractivity contribution < 1.29 is 9.53 Å². The van der Waals surface area contributed by atoms with E-state index >= 15 is 0 Å². The van der Waals surface area contributed by atoms with Crippen molar-refractivity contribution in [2.45, 2.75) is 13.0 Å². The normalized spacial score (nSPS) is 10.9. The highest BCUT2D eigenvalue weighted by Crippen LogP contribution is 2.11. The van der Waals surface area contributed by atoms with Gasteiger partial charge in [0, 0.05) is 20.1 Å². The largest absolute Gasteiger partial charge is 0.497 e. The van der Waals surface area contributed by atoms with Crippen LogP contribution in [-0.4, -0.2) is 39.1 Å². The van der Waals surface area contributed by atoms with Crippen molar-refractivity contribution in [3.63, 3.8) is 0 Å². The summed E-state index contributed by atoms with van der Waals surface area (Å²) in [6.45, 7) is 1.37. The molecular weight excluding hydrogens is 328 g/mol. The standard InChI is InChI=1S/C20H26N4O2/c1-21-20(23-14-17-9-6-10-18(13-17)26-2)24-15-19(25)22-12-11-16-7-4-3-5-8-16/h3-10,13H,11-12,14-15H2,1-2H3,(H,22,25)(H2,21,23,24). The molecule has 6 heteroatoms. The molecule has 0 aliphatic carbocycles. The van der Waals surface area contributed by atoms with Crippen LogP contribution < -0.4 is 20.7 Å². The number of hydrogen-bond acceptors (Lipinski definition) is 3. The highest BCUT2D eigenvalue weighted by Gasteiger charge is 2.04. The highest BCUT2D eigenvalue weighted by atomic mass is 16.5. The van der Waals surface area contributed by atoms with Gasteiger partial charge in [0.05, 0.1) is 13.7 Å². The number of nitrogens with zero attached hydrogens (tertiary/aromatic N) is 1. The number of nitrogens with one attached hydrogen (secondary N) is 3. The number of amides is 1. The van der Waals surface area contributed by atoms with Crippen molar-refractivity contribution in [2.24, 2.45) is 4.99 Å². The third-order valence-corrected chi connectivity index (χ3v) is 3.81. The molecule has 2 rings (SSSR count). The van der Waals surface area contributed by atoms with E-state index < -0.39 is 0 Å². The van der Waals surface area contributed by atoms with E-state index in [-0.39, 0.29) is 12.5 Å². The lowest BCUT2D eigenvalue weighted by Crippen LogP contribution is -2.43. The topological polar surface area (TPSA) is 74.8 Å². The molecule has 6 nitrogen and oxygen atoms in total. The lowest BCUT2D eigenvalue weighted by Gasteiger charge is -2.12. The fourth-order valence-corrected chi connectivity index (χ4v) is 2.41. The van der Waals surface area contributed by atoms with Gasteiger partial charge in [0.1, 0.15) is 5.75 Å². The van der Waals surface area contributed by atoms with Gasteiger partial charge in [-0.3, -0.25) is 9.79 Å². The molecule has 0 spiro atoms. The Morgan fingerprint density at radius 1 is 1.00 bits per heavy atom. The molecule has 138 valence electrons. The van der Waals surface area contributed by atoms with Gasteiger partial charge in [0.2, 0.25) is 5.91 Å². The minimum absolute atomic E-state index is 0.0646. The maximum atomic E-state index is 11.9. The van der Waals surface area contributed by atoms with Gasteiger partial charge in [0.15, 0.2) is 5.96 Å².